The number of piperidine rings is 1. The number of anilines is 1. The fourth-order valence-corrected chi connectivity index (χ4v) is 3.29. The van der Waals surface area contributed by atoms with Crippen molar-refractivity contribution in [2.75, 3.05) is 24.6 Å². The Labute approximate surface area is 160 Å². The molecule has 1 aromatic carbocycles. The van der Waals surface area contributed by atoms with E-state index in [0.29, 0.717) is 32.5 Å². The lowest BCUT2D eigenvalue weighted by atomic mass is 9.96. The van der Waals surface area contributed by atoms with Gasteiger partial charge in [0.1, 0.15) is 5.70 Å². The van der Waals surface area contributed by atoms with Crippen LogP contribution in [0, 0.1) is 16.0 Å². The number of amides is 3. The van der Waals surface area contributed by atoms with E-state index in [-0.39, 0.29) is 28.8 Å². The predicted molar refractivity (Wildman–Crippen MR) is 99.3 cm³/mol. The maximum Gasteiger partial charge on any atom is 0.326 e. The zero-order valence-electron chi connectivity index (χ0n) is 15.3. The van der Waals surface area contributed by atoms with E-state index in [1.54, 1.807) is 19.1 Å². The zero-order chi connectivity index (χ0) is 20.3. The number of nitrogens with one attached hydrogen (secondary N) is 2. The molecule has 2 fully saturated rings. The van der Waals surface area contributed by atoms with Crippen LogP contribution in [0.15, 0.2) is 23.9 Å². The molecule has 10 heteroatoms. The summed E-state index contributed by atoms with van der Waals surface area (Å²) in [6.07, 6.45) is 2.54. The van der Waals surface area contributed by atoms with Crippen LogP contribution in [0.3, 0.4) is 0 Å². The molecule has 2 heterocycles. The Hall–Kier alpha value is -3.43. The molecule has 0 atom stereocenters. The number of urea groups is 1. The van der Waals surface area contributed by atoms with E-state index in [4.69, 9.17) is 4.74 Å². The van der Waals surface area contributed by atoms with E-state index in [0.717, 1.165) is 5.69 Å². The molecule has 2 N–H and O–H groups in total. The third-order valence-corrected chi connectivity index (χ3v) is 4.71. The van der Waals surface area contributed by atoms with Gasteiger partial charge in [0.25, 0.3) is 11.6 Å². The normalized spacial score (nSPS) is 18.8. The van der Waals surface area contributed by atoms with Crippen LogP contribution in [0.4, 0.5) is 16.2 Å². The van der Waals surface area contributed by atoms with Crippen molar-refractivity contribution in [2.24, 2.45) is 5.92 Å². The highest BCUT2D eigenvalue weighted by atomic mass is 16.6. The Balaban J connectivity index is 1.81. The minimum atomic E-state index is -0.670. The molecule has 2 saturated heterocycles. The van der Waals surface area contributed by atoms with E-state index >= 15 is 0 Å². The van der Waals surface area contributed by atoms with E-state index in [1.807, 2.05) is 4.90 Å². The second-order valence-corrected chi connectivity index (χ2v) is 6.48. The standard InChI is InChI=1S/C18H20N4O6/c1-2-28-17(24)11-5-7-21(8-6-11)13-3-4-15(22(26)27)12(9-13)10-14-16(23)20-18(25)19-14/h3-4,9-11H,2,5-8H2,1H3,(H2,19,20,23,25). The van der Waals surface area contributed by atoms with Gasteiger partial charge in [-0.25, -0.2) is 4.79 Å². The molecule has 3 amide bonds. The molecule has 0 aliphatic carbocycles. The third-order valence-electron chi connectivity index (χ3n) is 4.71. The Morgan fingerprint density at radius 3 is 2.61 bits per heavy atom. The van der Waals surface area contributed by atoms with E-state index in [2.05, 4.69) is 10.6 Å². The number of nitro benzene ring substituents is 1. The summed E-state index contributed by atoms with van der Waals surface area (Å²) in [5, 5.41) is 15.7. The maximum atomic E-state index is 11.9. The molecule has 0 aromatic heterocycles. The molecular weight excluding hydrogens is 368 g/mol. The fourth-order valence-electron chi connectivity index (χ4n) is 3.29. The van der Waals surface area contributed by atoms with Crippen molar-refractivity contribution in [1.82, 2.24) is 10.6 Å². The number of hydrogen-bond donors (Lipinski definition) is 2. The fraction of sp³-hybridized carbons (Fsp3) is 0.389. The van der Waals surface area contributed by atoms with Gasteiger partial charge >= 0.3 is 12.0 Å². The second-order valence-electron chi connectivity index (χ2n) is 6.48. The molecule has 3 rings (SSSR count). The second kappa shape index (κ2) is 8.07. The third kappa shape index (κ3) is 4.11. The topological polar surface area (TPSA) is 131 Å². The highest BCUT2D eigenvalue weighted by Gasteiger charge is 2.28. The lowest BCUT2D eigenvalue weighted by molar-refractivity contribution is -0.385. The summed E-state index contributed by atoms with van der Waals surface area (Å²) in [4.78, 5) is 47.7. The van der Waals surface area contributed by atoms with Crippen LogP contribution >= 0.6 is 0 Å². The summed E-state index contributed by atoms with van der Waals surface area (Å²) in [6, 6.07) is 3.94. The van der Waals surface area contributed by atoms with Crippen LogP contribution in [0.5, 0.6) is 0 Å². The molecule has 0 saturated carbocycles. The zero-order valence-corrected chi connectivity index (χ0v) is 15.3. The maximum absolute atomic E-state index is 11.9. The highest BCUT2D eigenvalue weighted by molar-refractivity contribution is 6.14. The number of carbonyl (C=O) groups is 3. The number of imide groups is 1. The number of hydrogen-bond acceptors (Lipinski definition) is 7. The van der Waals surface area contributed by atoms with Gasteiger partial charge in [-0.15, -0.1) is 0 Å². The first-order chi connectivity index (χ1) is 13.4. The number of nitro groups is 1. The Morgan fingerprint density at radius 2 is 2.04 bits per heavy atom. The van der Waals surface area contributed by atoms with Crippen molar-refractivity contribution >= 4 is 35.4 Å². The van der Waals surface area contributed by atoms with Crippen LogP contribution in [-0.2, 0) is 14.3 Å². The largest absolute Gasteiger partial charge is 0.466 e. The van der Waals surface area contributed by atoms with Crippen LogP contribution in [0.1, 0.15) is 25.3 Å². The summed E-state index contributed by atoms with van der Waals surface area (Å²) in [6.45, 7) is 3.33. The van der Waals surface area contributed by atoms with Crippen LogP contribution in [-0.4, -0.2) is 42.5 Å². The van der Waals surface area contributed by atoms with Gasteiger partial charge in [-0.2, -0.15) is 0 Å². The van der Waals surface area contributed by atoms with Gasteiger partial charge in [0, 0.05) is 24.8 Å². The average molecular weight is 388 g/mol. The SMILES string of the molecule is CCOC(=O)C1CCN(c2ccc([N+](=O)[O-])c(C=C3NC(=O)NC3=O)c2)CC1. The van der Waals surface area contributed by atoms with Crippen molar-refractivity contribution in [2.45, 2.75) is 19.8 Å². The molecule has 2 aliphatic heterocycles. The summed E-state index contributed by atoms with van der Waals surface area (Å²) in [7, 11) is 0. The van der Waals surface area contributed by atoms with Crippen LogP contribution < -0.4 is 15.5 Å². The quantitative estimate of drug-likeness (QED) is 0.257. The Kier molecular flexibility index (Phi) is 5.57. The number of nitrogens with zero attached hydrogens (tertiary/aromatic N) is 2. The summed E-state index contributed by atoms with van der Waals surface area (Å²) in [5.74, 6) is -0.979. The molecule has 0 unspecified atom stereocenters. The first-order valence-corrected chi connectivity index (χ1v) is 8.93. The Morgan fingerprint density at radius 1 is 1.32 bits per heavy atom. The minimum Gasteiger partial charge on any atom is -0.466 e. The van der Waals surface area contributed by atoms with Gasteiger partial charge in [-0.3, -0.25) is 25.0 Å². The van der Waals surface area contributed by atoms with E-state index in [1.165, 1.54) is 12.1 Å². The molecule has 148 valence electrons. The molecule has 0 radical (unpaired) electrons. The van der Waals surface area contributed by atoms with Crippen molar-refractivity contribution in [1.29, 1.82) is 0 Å². The molecule has 0 spiro atoms. The van der Waals surface area contributed by atoms with Crippen LogP contribution in [0.25, 0.3) is 6.08 Å². The van der Waals surface area contributed by atoms with Gasteiger partial charge in [0.15, 0.2) is 0 Å². The van der Waals surface area contributed by atoms with Gasteiger partial charge < -0.3 is 15.0 Å². The molecule has 0 bridgehead atoms. The van der Waals surface area contributed by atoms with Crippen molar-refractivity contribution in [3.63, 3.8) is 0 Å². The molecule has 10 nitrogen and oxygen atoms in total. The van der Waals surface area contributed by atoms with E-state index in [9.17, 15) is 24.5 Å². The monoisotopic (exact) mass is 388 g/mol. The molecule has 28 heavy (non-hydrogen) atoms. The first kappa shape index (κ1) is 19.3. The number of ether oxygens (including phenoxy) is 1. The summed E-state index contributed by atoms with van der Waals surface area (Å²) < 4.78 is 5.06. The first-order valence-electron chi connectivity index (χ1n) is 8.93. The molecule has 2 aliphatic rings. The van der Waals surface area contributed by atoms with Crippen molar-refractivity contribution < 1.29 is 24.0 Å². The average Bonchev–Trinajstić information content (AvgIpc) is 2.98. The summed E-state index contributed by atoms with van der Waals surface area (Å²) >= 11 is 0. The number of rotatable bonds is 5. The molecular formula is C18H20N4O6. The Bertz CT molecular complexity index is 858. The smallest absolute Gasteiger partial charge is 0.326 e. The minimum absolute atomic E-state index is 0.0498. The number of benzene rings is 1. The van der Waals surface area contributed by atoms with Crippen molar-refractivity contribution in [3.8, 4) is 0 Å². The van der Waals surface area contributed by atoms with E-state index < -0.39 is 16.9 Å². The predicted octanol–water partition coefficient (Wildman–Crippen LogP) is 1.55. The van der Waals surface area contributed by atoms with Gasteiger partial charge in [0.05, 0.1) is 23.0 Å². The van der Waals surface area contributed by atoms with Gasteiger partial charge in [-0.1, -0.05) is 0 Å². The summed E-state index contributed by atoms with van der Waals surface area (Å²) in [5.41, 5.74) is 0.727. The highest BCUT2D eigenvalue weighted by Crippen LogP contribution is 2.30. The number of esters is 1. The van der Waals surface area contributed by atoms with Crippen molar-refractivity contribution in [3.05, 3.63) is 39.6 Å². The van der Waals surface area contributed by atoms with Crippen LogP contribution in [0.2, 0.25) is 0 Å². The van der Waals surface area contributed by atoms with Gasteiger partial charge in [-0.05, 0) is 38.0 Å². The molecule has 1 aromatic rings. The lowest BCUT2D eigenvalue weighted by Gasteiger charge is -2.32. The number of carbonyl (C=O) groups excluding carboxylic acids is 3. The lowest BCUT2D eigenvalue weighted by Crippen LogP contribution is -2.37. The van der Waals surface area contributed by atoms with Gasteiger partial charge in [0.2, 0.25) is 0 Å².